The first-order valence-corrected chi connectivity index (χ1v) is 7.17. The number of aromatic nitrogens is 1. The van der Waals surface area contributed by atoms with E-state index in [-0.39, 0.29) is 6.04 Å². The van der Waals surface area contributed by atoms with Crippen LogP contribution in [-0.2, 0) is 0 Å². The Balaban J connectivity index is 2.03. The number of aryl methyl sites for hydroxylation is 1. The van der Waals surface area contributed by atoms with Crippen molar-refractivity contribution in [3.05, 3.63) is 50.4 Å². The number of hydrogen-bond donors (Lipinski definition) is 1. The quantitative estimate of drug-likeness (QED) is 0.775. The SMILES string of the molecule is Cc1ccc2oc(C(N)c3cc(Br)cs3)cc2n1. The lowest BCUT2D eigenvalue weighted by molar-refractivity contribution is 0.527. The Morgan fingerprint density at radius 1 is 1.39 bits per heavy atom. The number of rotatable bonds is 2. The van der Waals surface area contributed by atoms with Gasteiger partial charge in [0.1, 0.15) is 11.3 Å². The number of nitrogens with zero attached hydrogens (tertiary/aromatic N) is 1. The van der Waals surface area contributed by atoms with Crippen molar-refractivity contribution in [2.45, 2.75) is 13.0 Å². The van der Waals surface area contributed by atoms with Crippen LogP contribution in [0.3, 0.4) is 0 Å². The smallest absolute Gasteiger partial charge is 0.152 e. The molecule has 1 unspecified atom stereocenters. The first-order valence-electron chi connectivity index (χ1n) is 5.50. The van der Waals surface area contributed by atoms with Gasteiger partial charge >= 0.3 is 0 Å². The number of halogens is 1. The van der Waals surface area contributed by atoms with Crippen molar-refractivity contribution in [3.8, 4) is 0 Å². The number of nitrogens with two attached hydrogens (primary N) is 1. The van der Waals surface area contributed by atoms with E-state index in [2.05, 4.69) is 20.9 Å². The molecule has 3 aromatic rings. The predicted octanol–water partition coefficient (Wildman–Crippen LogP) is 4.01. The summed E-state index contributed by atoms with van der Waals surface area (Å²) in [5, 5.41) is 2.01. The maximum atomic E-state index is 6.20. The monoisotopic (exact) mass is 322 g/mol. The standard InChI is InChI=1S/C13H11BrN2OS/c1-7-2-3-10-9(16-7)5-11(17-10)13(15)12-4-8(14)6-18-12/h2-6,13H,15H2,1H3. The van der Waals surface area contributed by atoms with Gasteiger partial charge in [0, 0.05) is 26.5 Å². The Bertz CT molecular complexity index is 704. The van der Waals surface area contributed by atoms with E-state index >= 15 is 0 Å². The van der Waals surface area contributed by atoms with Crippen LogP contribution in [0, 0.1) is 6.92 Å². The predicted molar refractivity (Wildman–Crippen MR) is 76.8 cm³/mol. The molecule has 0 aliphatic heterocycles. The van der Waals surface area contributed by atoms with Crippen molar-refractivity contribution >= 4 is 38.4 Å². The zero-order valence-electron chi connectivity index (χ0n) is 9.68. The summed E-state index contributed by atoms with van der Waals surface area (Å²) in [5.74, 6) is 0.748. The number of furan rings is 1. The van der Waals surface area contributed by atoms with Crippen LogP contribution in [0.1, 0.15) is 22.4 Å². The molecule has 3 heterocycles. The molecule has 3 aromatic heterocycles. The Hall–Kier alpha value is -1.17. The molecule has 92 valence electrons. The highest BCUT2D eigenvalue weighted by atomic mass is 79.9. The topological polar surface area (TPSA) is 52.0 Å². The maximum absolute atomic E-state index is 6.20. The molecule has 0 aliphatic carbocycles. The van der Waals surface area contributed by atoms with E-state index in [4.69, 9.17) is 10.2 Å². The first-order chi connectivity index (χ1) is 8.63. The fraction of sp³-hybridized carbons (Fsp3) is 0.154. The average Bonchev–Trinajstić information content (AvgIpc) is 2.93. The molecular weight excluding hydrogens is 312 g/mol. The van der Waals surface area contributed by atoms with Gasteiger partial charge in [-0.25, -0.2) is 4.98 Å². The molecule has 3 nitrogen and oxygen atoms in total. The molecule has 0 bridgehead atoms. The lowest BCUT2D eigenvalue weighted by Gasteiger charge is -2.04. The summed E-state index contributed by atoms with van der Waals surface area (Å²) in [4.78, 5) is 5.49. The molecule has 0 spiro atoms. The highest BCUT2D eigenvalue weighted by molar-refractivity contribution is 9.10. The molecule has 0 saturated carbocycles. The molecule has 5 heteroatoms. The molecule has 0 aromatic carbocycles. The van der Waals surface area contributed by atoms with E-state index in [1.54, 1.807) is 11.3 Å². The molecule has 0 saturated heterocycles. The normalized spacial score (nSPS) is 13.1. The van der Waals surface area contributed by atoms with Gasteiger partial charge < -0.3 is 10.2 Å². The minimum Gasteiger partial charge on any atom is -0.457 e. The highest BCUT2D eigenvalue weighted by Crippen LogP contribution is 2.31. The van der Waals surface area contributed by atoms with Crippen LogP contribution in [0.2, 0.25) is 0 Å². The van der Waals surface area contributed by atoms with Gasteiger partial charge in [0.25, 0.3) is 0 Å². The second-order valence-corrected chi connectivity index (χ2v) is 5.99. The molecule has 0 fully saturated rings. The summed E-state index contributed by atoms with van der Waals surface area (Å²) < 4.78 is 6.80. The fourth-order valence-electron chi connectivity index (χ4n) is 1.83. The van der Waals surface area contributed by atoms with Gasteiger partial charge in [-0.1, -0.05) is 0 Å². The molecule has 0 radical (unpaired) electrons. The second kappa shape index (κ2) is 4.50. The zero-order valence-corrected chi connectivity index (χ0v) is 12.1. The third kappa shape index (κ3) is 2.09. The lowest BCUT2D eigenvalue weighted by atomic mass is 10.2. The van der Waals surface area contributed by atoms with Gasteiger partial charge in [-0.2, -0.15) is 0 Å². The van der Waals surface area contributed by atoms with Crippen LogP contribution in [0.5, 0.6) is 0 Å². The van der Waals surface area contributed by atoms with Crippen molar-refractivity contribution in [1.82, 2.24) is 4.98 Å². The Morgan fingerprint density at radius 2 is 2.22 bits per heavy atom. The van der Waals surface area contributed by atoms with Crippen molar-refractivity contribution < 1.29 is 4.42 Å². The van der Waals surface area contributed by atoms with Crippen molar-refractivity contribution in [2.75, 3.05) is 0 Å². The Kier molecular flexibility index (Phi) is 2.97. The molecule has 3 rings (SSSR count). The van der Waals surface area contributed by atoms with E-state index in [1.807, 2.05) is 36.6 Å². The van der Waals surface area contributed by atoms with E-state index in [0.717, 1.165) is 31.9 Å². The number of fused-ring (bicyclic) bond motifs is 1. The molecular formula is C13H11BrN2OS. The highest BCUT2D eigenvalue weighted by Gasteiger charge is 2.16. The van der Waals surface area contributed by atoms with Gasteiger partial charge in [-0.05, 0) is 41.1 Å². The fourth-order valence-corrected chi connectivity index (χ4v) is 3.28. The summed E-state index contributed by atoms with van der Waals surface area (Å²) in [6, 6.07) is 7.55. The van der Waals surface area contributed by atoms with E-state index in [1.165, 1.54) is 0 Å². The van der Waals surface area contributed by atoms with Crippen LogP contribution in [0.4, 0.5) is 0 Å². The molecule has 18 heavy (non-hydrogen) atoms. The van der Waals surface area contributed by atoms with Crippen LogP contribution in [-0.4, -0.2) is 4.98 Å². The Morgan fingerprint density at radius 3 is 2.94 bits per heavy atom. The van der Waals surface area contributed by atoms with Crippen LogP contribution >= 0.6 is 27.3 Å². The average molecular weight is 323 g/mol. The maximum Gasteiger partial charge on any atom is 0.152 e. The summed E-state index contributed by atoms with van der Waals surface area (Å²) >= 11 is 5.04. The van der Waals surface area contributed by atoms with Gasteiger partial charge in [0.05, 0.1) is 6.04 Å². The first kappa shape index (κ1) is 11.9. The molecule has 0 amide bonds. The second-order valence-electron chi connectivity index (χ2n) is 4.13. The molecule has 0 aliphatic rings. The largest absolute Gasteiger partial charge is 0.457 e. The summed E-state index contributed by atoms with van der Waals surface area (Å²) in [5.41, 5.74) is 8.81. The number of pyridine rings is 1. The van der Waals surface area contributed by atoms with Crippen LogP contribution in [0.15, 0.2) is 38.5 Å². The van der Waals surface area contributed by atoms with Gasteiger partial charge in [0.15, 0.2) is 5.58 Å². The molecule has 2 N–H and O–H groups in total. The van der Waals surface area contributed by atoms with Crippen LogP contribution in [0.25, 0.3) is 11.1 Å². The van der Waals surface area contributed by atoms with Crippen molar-refractivity contribution in [1.29, 1.82) is 0 Å². The summed E-state index contributed by atoms with van der Waals surface area (Å²) in [6.07, 6.45) is 0. The number of thiophene rings is 1. The van der Waals surface area contributed by atoms with Crippen molar-refractivity contribution in [3.63, 3.8) is 0 Å². The van der Waals surface area contributed by atoms with Crippen molar-refractivity contribution in [2.24, 2.45) is 5.73 Å². The third-order valence-electron chi connectivity index (χ3n) is 2.73. The Labute approximate surface area is 117 Å². The van der Waals surface area contributed by atoms with Crippen LogP contribution < -0.4 is 5.73 Å². The van der Waals surface area contributed by atoms with E-state index < -0.39 is 0 Å². The van der Waals surface area contributed by atoms with Gasteiger partial charge in [-0.15, -0.1) is 11.3 Å². The molecule has 1 atom stereocenters. The minimum absolute atomic E-state index is 0.240. The summed E-state index contributed by atoms with van der Waals surface area (Å²) in [7, 11) is 0. The van der Waals surface area contributed by atoms with E-state index in [0.29, 0.717) is 0 Å². The van der Waals surface area contributed by atoms with Gasteiger partial charge in [0.2, 0.25) is 0 Å². The lowest BCUT2D eigenvalue weighted by Crippen LogP contribution is -2.08. The minimum atomic E-state index is -0.240. The van der Waals surface area contributed by atoms with Gasteiger partial charge in [-0.3, -0.25) is 0 Å². The zero-order chi connectivity index (χ0) is 12.7. The van der Waals surface area contributed by atoms with E-state index in [9.17, 15) is 0 Å². The number of hydrogen-bond acceptors (Lipinski definition) is 4. The summed E-state index contributed by atoms with van der Waals surface area (Å²) in [6.45, 7) is 1.96. The third-order valence-corrected chi connectivity index (χ3v) is 4.51.